The first-order chi connectivity index (χ1) is 46.6. The third-order valence-corrected chi connectivity index (χ3v) is 17.6. The van der Waals surface area contributed by atoms with E-state index in [4.69, 9.17) is 9.47 Å². The molecule has 0 saturated carbocycles. The fourth-order valence-electron chi connectivity index (χ4n) is 11.7. The summed E-state index contributed by atoms with van der Waals surface area (Å²) in [6.07, 6.45) is 125. The minimum Gasteiger partial charge on any atom is -0.462 e. The maximum atomic E-state index is 12.4. The van der Waals surface area contributed by atoms with E-state index in [0.29, 0.717) is 12.8 Å². The largest absolute Gasteiger partial charge is 0.462 e. The molecule has 0 aromatic carbocycles. The second kappa shape index (κ2) is 83.0. The van der Waals surface area contributed by atoms with Gasteiger partial charge in [-0.15, -0.1) is 0 Å². The van der Waals surface area contributed by atoms with Crippen LogP contribution >= 0.6 is 0 Å². The normalized spacial score (nSPS) is 13.0. The van der Waals surface area contributed by atoms with Crippen molar-refractivity contribution in [1.29, 1.82) is 0 Å². The van der Waals surface area contributed by atoms with Crippen molar-refractivity contribution in [3.63, 3.8) is 0 Å². The first-order valence-corrected chi connectivity index (χ1v) is 40.4. The van der Waals surface area contributed by atoms with Crippen LogP contribution in [-0.4, -0.2) is 36.4 Å². The summed E-state index contributed by atoms with van der Waals surface area (Å²) in [4.78, 5) is 24.7. The quantitative estimate of drug-likeness (QED) is 0.0373. The Morgan fingerprint density at radius 1 is 0.245 bits per heavy atom. The molecule has 0 radical (unpaired) electrons. The molecule has 0 aliphatic carbocycles. The summed E-state index contributed by atoms with van der Waals surface area (Å²) >= 11 is 0. The number of unbranched alkanes of at least 4 members (excludes halogenated alkanes) is 42. The number of hydrogen-bond donors (Lipinski definition) is 1. The summed E-state index contributed by atoms with van der Waals surface area (Å²) < 4.78 is 10.8. The van der Waals surface area contributed by atoms with Gasteiger partial charge in [-0.2, -0.15) is 0 Å². The van der Waals surface area contributed by atoms with Crippen molar-refractivity contribution in [3.05, 3.63) is 146 Å². The van der Waals surface area contributed by atoms with Gasteiger partial charge in [-0.05, 0) is 116 Å². The highest BCUT2D eigenvalue weighted by Crippen LogP contribution is 2.19. The molecule has 0 aromatic heterocycles. The molecule has 538 valence electrons. The van der Waals surface area contributed by atoms with Gasteiger partial charge in [0.25, 0.3) is 0 Å². The predicted molar refractivity (Wildman–Crippen MR) is 417 cm³/mol. The van der Waals surface area contributed by atoms with Crippen LogP contribution in [0.5, 0.6) is 0 Å². The Bertz CT molecular complexity index is 1920. The van der Waals surface area contributed by atoms with Crippen molar-refractivity contribution in [2.45, 2.75) is 392 Å². The molecule has 0 aliphatic heterocycles. The lowest BCUT2D eigenvalue weighted by Crippen LogP contribution is -2.28. The number of ether oxygens (including phenoxy) is 2. The van der Waals surface area contributed by atoms with Gasteiger partial charge in [0.05, 0.1) is 6.61 Å². The first-order valence-electron chi connectivity index (χ1n) is 40.4. The molecule has 0 fully saturated rings. The van der Waals surface area contributed by atoms with Crippen molar-refractivity contribution in [1.82, 2.24) is 0 Å². The average molecular weight is 1300 g/mol. The Morgan fingerprint density at radius 2 is 0.426 bits per heavy atom. The summed E-state index contributed by atoms with van der Waals surface area (Å²) in [5.41, 5.74) is 0. The molecule has 0 heterocycles. The third kappa shape index (κ3) is 80.2. The summed E-state index contributed by atoms with van der Waals surface area (Å²) in [6, 6.07) is 0. The van der Waals surface area contributed by atoms with E-state index in [2.05, 4.69) is 160 Å². The van der Waals surface area contributed by atoms with E-state index >= 15 is 0 Å². The Hall–Kier alpha value is -4.22. The smallest absolute Gasteiger partial charge is 0.306 e. The van der Waals surface area contributed by atoms with E-state index in [1.165, 1.54) is 244 Å². The fraction of sp³-hybridized carbons (Fsp3) is 0.708. The van der Waals surface area contributed by atoms with E-state index in [1.54, 1.807) is 0 Å². The standard InChI is InChI=1S/C89H152O5/c1-3-5-7-9-11-13-15-17-19-21-23-25-27-29-31-33-35-37-39-41-43-44-46-47-49-51-53-55-57-59-61-63-65-67-69-71-73-75-77-79-81-83-88(91)93-86-87(85-90)94-89(92)84-82-80-78-76-74-72-70-68-66-64-62-60-58-56-54-52-50-48-45-42-40-38-36-34-32-30-28-26-24-22-20-18-16-14-12-10-8-6-4-2/h5-8,11-14,17-20,23-26,29-32,36,38,42,45,87,90H,3-4,9-10,15-16,21-22,27-28,33-35,37,39-41,43-44,46-86H2,1-2H3/b7-5-,8-6-,13-11-,14-12-,19-17-,20-18-,25-23-,26-24-,31-29-,32-30-,38-36-,45-42-. The molecule has 0 rings (SSSR count). The lowest BCUT2D eigenvalue weighted by atomic mass is 10.0. The lowest BCUT2D eigenvalue weighted by Gasteiger charge is -2.15. The predicted octanol–water partition coefficient (Wildman–Crippen LogP) is 28.8. The molecule has 5 nitrogen and oxygen atoms in total. The van der Waals surface area contributed by atoms with Crippen LogP contribution in [0.25, 0.3) is 0 Å². The van der Waals surface area contributed by atoms with Crippen LogP contribution in [0.15, 0.2) is 146 Å². The van der Waals surface area contributed by atoms with Gasteiger partial charge in [0.2, 0.25) is 0 Å². The van der Waals surface area contributed by atoms with Crippen LogP contribution < -0.4 is 0 Å². The summed E-state index contributed by atoms with van der Waals surface area (Å²) in [6.45, 7) is 3.95. The fourth-order valence-corrected chi connectivity index (χ4v) is 11.7. The minimum absolute atomic E-state index is 0.0656. The molecule has 1 N–H and O–H groups in total. The molecule has 1 unspecified atom stereocenters. The number of allylic oxidation sites excluding steroid dienone is 24. The zero-order chi connectivity index (χ0) is 67.5. The van der Waals surface area contributed by atoms with Gasteiger partial charge >= 0.3 is 11.9 Å². The topological polar surface area (TPSA) is 72.8 Å². The highest BCUT2D eigenvalue weighted by atomic mass is 16.6. The minimum atomic E-state index is -0.778. The maximum Gasteiger partial charge on any atom is 0.306 e. The second-order valence-corrected chi connectivity index (χ2v) is 26.7. The van der Waals surface area contributed by atoms with Crippen molar-refractivity contribution >= 4 is 11.9 Å². The number of esters is 2. The Kier molecular flexibility index (Phi) is 79.3. The summed E-state index contributed by atoms with van der Waals surface area (Å²) in [7, 11) is 0. The molecule has 0 saturated heterocycles. The Balaban J connectivity index is 3.43. The summed E-state index contributed by atoms with van der Waals surface area (Å²) in [5, 5.41) is 9.74. The second-order valence-electron chi connectivity index (χ2n) is 26.7. The molecule has 0 aromatic rings. The lowest BCUT2D eigenvalue weighted by molar-refractivity contribution is -0.161. The molecule has 94 heavy (non-hydrogen) atoms. The molecule has 1 atom stereocenters. The SMILES string of the molecule is CC/C=C\C/C=C\C/C=C\C/C=C\C/C=C\C/C=C\C/C=C\CCCCCCCCCCCCCCCCCCCC(=O)OC(CO)COC(=O)CCCCCCCCCCCCCCCCCCCCCCCCCCC/C=C\C/C=C\C/C=C\C/C=C\C/C=C\CC. The van der Waals surface area contributed by atoms with Crippen molar-refractivity contribution in [2.75, 3.05) is 13.2 Å². The van der Waals surface area contributed by atoms with Gasteiger partial charge in [-0.1, -0.05) is 404 Å². The molecule has 0 amide bonds. The van der Waals surface area contributed by atoms with Crippen LogP contribution in [0.1, 0.15) is 386 Å². The number of carbonyl (C=O) groups excluding carboxylic acids is 2. The third-order valence-electron chi connectivity index (χ3n) is 17.6. The van der Waals surface area contributed by atoms with Crippen molar-refractivity contribution in [3.8, 4) is 0 Å². The van der Waals surface area contributed by atoms with Crippen LogP contribution in [0.3, 0.4) is 0 Å². The van der Waals surface area contributed by atoms with Crippen LogP contribution in [-0.2, 0) is 19.1 Å². The summed E-state index contributed by atoms with van der Waals surface area (Å²) in [5.74, 6) is -0.575. The Labute approximate surface area is 584 Å². The van der Waals surface area contributed by atoms with Gasteiger partial charge in [-0.25, -0.2) is 0 Å². The molecule has 5 heteroatoms. The van der Waals surface area contributed by atoms with Gasteiger partial charge in [0, 0.05) is 12.8 Å². The monoisotopic (exact) mass is 1300 g/mol. The van der Waals surface area contributed by atoms with Crippen molar-refractivity contribution in [2.24, 2.45) is 0 Å². The maximum absolute atomic E-state index is 12.4. The van der Waals surface area contributed by atoms with E-state index in [9.17, 15) is 14.7 Å². The van der Waals surface area contributed by atoms with E-state index < -0.39 is 6.10 Å². The highest BCUT2D eigenvalue weighted by molar-refractivity contribution is 5.70. The number of carbonyl (C=O) groups is 2. The van der Waals surface area contributed by atoms with Crippen LogP contribution in [0.4, 0.5) is 0 Å². The average Bonchev–Trinajstić information content (AvgIpc) is 3.65. The molecule has 0 spiro atoms. The number of aliphatic hydroxyl groups excluding tert-OH is 1. The van der Waals surface area contributed by atoms with Crippen molar-refractivity contribution < 1.29 is 24.2 Å². The zero-order valence-electron chi connectivity index (χ0n) is 61.9. The number of hydrogen-bond acceptors (Lipinski definition) is 5. The Morgan fingerprint density at radius 3 is 0.638 bits per heavy atom. The number of aliphatic hydroxyl groups is 1. The van der Waals surface area contributed by atoms with Gasteiger partial charge in [0.15, 0.2) is 6.10 Å². The number of rotatable bonds is 74. The van der Waals surface area contributed by atoms with Gasteiger partial charge < -0.3 is 14.6 Å². The molecule has 0 aliphatic rings. The zero-order valence-corrected chi connectivity index (χ0v) is 61.9. The van der Waals surface area contributed by atoms with Gasteiger partial charge in [-0.3, -0.25) is 9.59 Å². The highest BCUT2D eigenvalue weighted by Gasteiger charge is 2.16. The molecular weight excluding hydrogens is 1150 g/mol. The van der Waals surface area contributed by atoms with Crippen LogP contribution in [0.2, 0.25) is 0 Å². The van der Waals surface area contributed by atoms with Crippen LogP contribution in [0, 0.1) is 0 Å². The first kappa shape index (κ1) is 89.8. The molecular formula is C89H152O5. The van der Waals surface area contributed by atoms with E-state index in [1.807, 2.05) is 0 Å². The van der Waals surface area contributed by atoms with Gasteiger partial charge in [0.1, 0.15) is 6.61 Å². The van der Waals surface area contributed by atoms with E-state index in [-0.39, 0.29) is 25.2 Å². The molecule has 0 bridgehead atoms. The van der Waals surface area contributed by atoms with E-state index in [0.717, 1.165) is 116 Å².